The third kappa shape index (κ3) is 3.29. The van der Waals surface area contributed by atoms with E-state index in [1.165, 1.54) is 4.68 Å². The van der Waals surface area contributed by atoms with E-state index in [0.717, 1.165) is 5.75 Å². The maximum atomic E-state index is 11.4. The highest BCUT2D eigenvalue weighted by Crippen LogP contribution is 2.11. The van der Waals surface area contributed by atoms with Gasteiger partial charge in [-0.3, -0.25) is 9.48 Å². The average Bonchev–Trinajstić information content (AvgIpc) is 2.55. The number of carbonyl (C=O) groups is 1. The minimum absolute atomic E-state index is 0.112. The van der Waals surface area contributed by atoms with Crippen LogP contribution < -0.4 is 5.32 Å². The Labute approximate surface area is 92.5 Å². The van der Waals surface area contributed by atoms with Crippen LogP contribution >= 0.6 is 11.8 Å². The van der Waals surface area contributed by atoms with E-state index in [2.05, 4.69) is 10.4 Å². The molecule has 0 saturated carbocycles. The molecule has 80 valence electrons. The van der Waals surface area contributed by atoms with E-state index in [-0.39, 0.29) is 5.91 Å². The van der Waals surface area contributed by atoms with Gasteiger partial charge in [-0.1, -0.05) is 0 Å². The van der Waals surface area contributed by atoms with Gasteiger partial charge in [-0.25, -0.2) is 0 Å². The fourth-order valence-corrected chi connectivity index (χ4v) is 1.44. The Hall–Kier alpha value is -1.48. The van der Waals surface area contributed by atoms with Crippen molar-refractivity contribution >= 4 is 23.5 Å². The molecule has 1 heterocycles. The molecule has 0 fully saturated rings. The summed E-state index contributed by atoms with van der Waals surface area (Å²) in [5, 5.41) is 15.4. The minimum atomic E-state index is -0.112. The fourth-order valence-electron chi connectivity index (χ4n) is 1.05. The van der Waals surface area contributed by atoms with Gasteiger partial charge in [0.05, 0.1) is 0 Å². The summed E-state index contributed by atoms with van der Waals surface area (Å²) in [4.78, 5) is 11.4. The summed E-state index contributed by atoms with van der Waals surface area (Å²) in [6.45, 7) is 0. The molecule has 0 aliphatic rings. The number of aryl methyl sites for hydroxylation is 1. The zero-order valence-corrected chi connectivity index (χ0v) is 9.47. The SMILES string of the molecule is CSCCC(=O)Nc1nn(C)cc1C#N. The van der Waals surface area contributed by atoms with Crippen LogP contribution in [0.1, 0.15) is 12.0 Å². The lowest BCUT2D eigenvalue weighted by atomic mass is 10.3. The molecule has 1 aromatic heterocycles. The molecule has 1 rings (SSSR count). The van der Waals surface area contributed by atoms with Crippen molar-refractivity contribution in [2.24, 2.45) is 7.05 Å². The molecule has 0 spiro atoms. The predicted octanol–water partition coefficient (Wildman–Crippen LogP) is 0.983. The van der Waals surface area contributed by atoms with Crippen molar-refractivity contribution in [2.45, 2.75) is 6.42 Å². The van der Waals surface area contributed by atoms with Crippen molar-refractivity contribution in [3.05, 3.63) is 11.8 Å². The van der Waals surface area contributed by atoms with Gasteiger partial charge in [0.2, 0.25) is 5.91 Å². The summed E-state index contributed by atoms with van der Waals surface area (Å²) < 4.78 is 1.50. The van der Waals surface area contributed by atoms with Crippen molar-refractivity contribution in [3.8, 4) is 6.07 Å². The molecule has 6 heteroatoms. The highest BCUT2D eigenvalue weighted by atomic mass is 32.2. The molecule has 1 amide bonds. The van der Waals surface area contributed by atoms with Gasteiger partial charge in [0, 0.05) is 25.4 Å². The topological polar surface area (TPSA) is 70.7 Å². The van der Waals surface area contributed by atoms with Crippen LogP contribution in [0.5, 0.6) is 0 Å². The van der Waals surface area contributed by atoms with Crippen LogP contribution in [0.3, 0.4) is 0 Å². The molecule has 5 nitrogen and oxygen atoms in total. The van der Waals surface area contributed by atoms with Crippen LogP contribution in [0.25, 0.3) is 0 Å². The normalized spacial score (nSPS) is 9.67. The van der Waals surface area contributed by atoms with E-state index in [0.29, 0.717) is 17.8 Å². The highest BCUT2D eigenvalue weighted by Gasteiger charge is 2.09. The quantitative estimate of drug-likeness (QED) is 0.827. The monoisotopic (exact) mass is 224 g/mol. The average molecular weight is 224 g/mol. The lowest BCUT2D eigenvalue weighted by molar-refractivity contribution is -0.115. The zero-order chi connectivity index (χ0) is 11.3. The number of aromatic nitrogens is 2. The van der Waals surface area contributed by atoms with Crippen LogP contribution in [0.15, 0.2) is 6.20 Å². The molecular formula is C9H12N4OS. The van der Waals surface area contributed by atoms with E-state index >= 15 is 0 Å². The van der Waals surface area contributed by atoms with Gasteiger partial charge in [0.15, 0.2) is 5.82 Å². The maximum absolute atomic E-state index is 11.4. The van der Waals surface area contributed by atoms with Crippen molar-refractivity contribution < 1.29 is 4.79 Å². The molecule has 0 aliphatic heterocycles. The van der Waals surface area contributed by atoms with Gasteiger partial charge in [0.25, 0.3) is 0 Å². The van der Waals surface area contributed by atoms with Crippen molar-refractivity contribution in [1.29, 1.82) is 5.26 Å². The minimum Gasteiger partial charge on any atom is -0.308 e. The fraction of sp³-hybridized carbons (Fsp3) is 0.444. The summed E-state index contributed by atoms with van der Waals surface area (Å²) >= 11 is 1.60. The number of hydrogen-bond donors (Lipinski definition) is 1. The second kappa shape index (κ2) is 5.41. The molecule has 0 atom stereocenters. The van der Waals surface area contributed by atoms with Gasteiger partial charge in [-0.15, -0.1) is 0 Å². The zero-order valence-electron chi connectivity index (χ0n) is 8.65. The highest BCUT2D eigenvalue weighted by molar-refractivity contribution is 7.98. The van der Waals surface area contributed by atoms with Gasteiger partial charge < -0.3 is 5.32 Å². The number of rotatable bonds is 4. The smallest absolute Gasteiger partial charge is 0.226 e. The Kier molecular flexibility index (Phi) is 4.18. The van der Waals surface area contributed by atoms with E-state index in [1.54, 1.807) is 25.0 Å². The molecular weight excluding hydrogens is 212 g/mol. The first-order valence-electron chi connectivity index (χ1n) is 4.40. The third-order valence-electron chi connectivity index (χ3n) is 1.74. The van der Waals surface area contributed by atoms with E-state index in [4.69, 9.17) is 5.26 Å². The Morgan fingerprint density at radius 1 is 1.80 bits per heavy atom. The Morgan fingerprint density at radius 2 is 2.53 bits per heavy atom. The van der Waals surface area contributed by atoms with Crippen LogP contribution in [-0.2, 0) is 11.8 Å². The molecule has 0 aliphatic carbocycles. The van der Waals surface area contributed by atoms with E-state index in [9.17, 15) is 4.79 Å². The van der Waals surface area contributed by atoms with Crippen molar-refractivity contribution in [3.63, 3.8) is 0 Å². The molecule has 1 N–H and O–H groups in total. The third-order valence-corrected chi connectivity index (χ3v) is 2.35. The summed E-state index contributed by atoms with van der Waals surface area (Å²) in [5.41, 5.74) is 0.384. The molecule has 0 unspecified atom stereocenters. The Bertz CT molecular complexity index is 393. The van der Waals surface area contributed by atoms with Gasteiger partial charge >= 0.3 is 0 Å². The van der Waals surface area contributed by atoms with Crippen LogP contribution in [0, 0.1) is 11.3 Å². The predicted molar refractivity (Wildman–Crippen MR) is 59.6 cm³/mol. The second-order valence-corrected chi connectivity index (χ2v) is 3.95. The molecule has 15 heavy (non-hydrogen) atoms. The summed E-state index contributed by atoms with van der Waals surface area (Å²) in [6.07, 6.45) is 3.95. The number of thioether (sulfide) groups is 1. The molecule has 0 aromatic carbocycles. The number of nitriles is 1. The number of nitrogens with zero attached hydrogens (tertiary/aromatic N) is 3. The summed E-state index contributed by atoms with van der Waals surface area (Å²) in [7, 11) is 1.71. The van der Waals surface area contributed by atoms with Gasteiger partial charge in [0.1, 0.15) is 11.6 Å². The lowest BCUT2D eigenvalue weighted by Crippen LogP contribution is -2.13. The summed E-state index contributed by atoms with van der Waals surface area (Å²) in [6, 6.07) is 1.97. The van der Waals surface area contributed by atoms with Crippen molar-refractivity contribution in [2.75, 3.05) is 17.3 Å². The summed E-state index contributed by atoms with van der Waals surface area (Å²) in [5.74, 6) is 0.992. The van der Waals surface area contributed by atoms with Gasteiger partial charge in [-0.05, 0) is 6.26 Å². The van der Waals surface area contributed by atoms with E-state index in [1.807, 2.05) is 12.3 Å². The maximum Gasteiger partial charge on any atom is 0.226 e. The molecule has 0 bridgehead atoms. The van der Waals surface area contributed by atoms with Crippen LogP contribution in [0.4, 0.5) is 5.82 Å². The Morgan fingerprint density at radius 3 is 3.13 bits per heavy atom. The van der Waals surface area contributed by atoms with Crippen LogP contribution in [0.2, 0.25) is 0 Å². The molecule has 0 radical (unpaired) electrons. The first-order valence-corrected chi connectivity index (χ1v) is 5.79. The number of anilines is 1. The molecule has 0 saturated heterocycles. The number of carbonyl (C=O) groups excluding carboxylic acids is 1. The van der Waals surface area contributed by atoms with E-state index < -0.39 is 0 Å². The van der Waals surface area contributed by atoms with Crippen molar-refractivity contribution in [1.82, 2.24) is 9.78 Å². The number of amides is 1. The van der Waals surface area contributed by atoms with Crippen LogP contribution in [-0.4, -0.2) is 27.7 Å². The first-order chi connectivity index (χ1) is 7.17. The largest absolute Gasteiger partial charge is 0.308 e. The lowest BCUT2D eigenvalue weighted by Gasteiger charge is -2.00. The number of hydrogen-bond acceptors (Lipinski definition) is 4. The Balaban J connectivity index is 2.64. The second-order valence-electron chi connectivity index (χ2n) is 2.97. The van der Waals surface area contributed by atoms with Gasteiger partial charge in [-0.2, -0.15) is 22.1 Å². The first kappa shape index (κ1) is 11.6. The standard InChI is InChI=1S/C9H12N4OS/c1-13-6-7(5-10)9(12-13)11-8(14)3-4-15-2/h6H,3-4H2,1-2H3,(H,11,12,14). The molecule has 1 aromatic rings. The number of nitrogens with one attached hydrogen (secondary N) is 1.